The van der Waals surface area contributed by atoms with Gasteiger partial charge in [0.05, 0.1) is 17.2 Å². The zero-order valence-corrected chi connectivity index (χ0v) is 37.4. The molecule has 3 aliphatic rings. The molecule has 0 bridgehead atoms. The fourth-order valence-electron chi connectivity index (χ4n) is 10.1. The van der Waals surface area contributed by atoms with Crippen molar-refractivity contribution in [2.75, 3.05) is 26.7 Å². The molecular weight excluding hydrogens is 774 g/mol. The molecular formula is C54H64FN3O4. The van der Waals surface area contributed by atoms with Crippen LogP contribution in [0.2, 0.25) is 0 Å². The van der Waals surface area contributed by atoms with Crippen molar-refractivity contribution in [3.05, 3.63) is 159 Å². The van der Waals surface area contributed by atoms with Gasteiger partial charge in [-0.05, 0) is 162 Å². The number of likely N-dealkylation sites (tertiary alicyclic amines) is 1. The summed E-state index contributed by atoms with van der Waals surface area (Å²) in [5.74, 6) is 0.0894. The number of hydrogen-bond acceptors (Lipinski definition) is 6. The van der Waals surface area contributed by atoms with Crippen molar-refractivity contribution in [3.8, 4) is 6.07 Å². The van der Waals surface area contributed by atoms with Crippen LogP contribution in [-0.4, -0.2) is 49.7 Å². The van der Waals surface area contributed by atoms with Gasteiger partial charge >= 0.3 is 12.1 Å². The molecule has 3 aromatic rings. The molecule has 1 unspecified atom stereocenters. The van der Waals surface area contributed by atoms with Gasteiger partial charge in [0.1, 0.15) is 18.5 Å². The molecule has 6 rings (SSSR count). The summed E-state index contributed by atoms with van der Waals surface area (Å²) in [6.45, 7) is 11.5. The Hall–Kier alpha value is -5.48. The Kier molecular flexibility index (Phi) is 16.4. The van der Waals surface area contributed by atoms with E-state index in [1.165, 1.54) is 17.2 Å². The van der Waals surface area contributed by atoms with Gasteiger partial charge in [-0.2, -0.15) is 5.26 Å². The molecule has 0 aromatic heterocycles. The lowest BCUT2D eigenvalue weighted by Crippen LogP contribution is -2.51. The molecule has 1 amide bonds. The van der Waals surface area contributed by atoms with Crippen LogP contribution in [0.1, 0.15) is 118 Å². The van der Waals surface area contributed by atoms with Crippen molar-refractivity contribution in [3.63, 3.8) is 0 Å². The van der Waals surface area contributed by atoms with Gasteiger partial charge in [0.25, 0.3) is 0 Å². The Labute approximate surface area is 369 Å². The highest BCUT2D eigenvalue weighted by molar-refractivity contribution is 5.91. The van der Waals surface area contributed by atoms with E-state index in [4.69, 9.17) is 9.47 Å². The highest BCUT2D eigenvalue weighted by Gasteiger charge is 2.52. The minimum atomic E-state index is -0.439. The predicted octanol–water partition coefficient (Wildman–Crippen LogP) is 11.9. The maximum Gasteiger partial charge on any atom is 0.407 e. The third-order valence-electron chi connectivity index (χ3n) is 13.5. The lowest BCUT2D eigenvalue weighted by atomic mass is 9.57. The highest BCUT2D eigenvalue weighted by atomic mass is 19.1. The number of allylic oxidation sites excluding steroid dienone is 7. The fourth-order valence-corrected chi connectivity index (χ4v) is 10.1. The number of amides is 1. The second-order valence-corrected chi connectivity index (χ2v) is 17.7. The van der Waals surface area contributed by atoms with Crippen molar-refractivity contribution in [1.82, 2.24) is 10.2 Å². The molecule has 3 aromatic carbocycles. The Balaban J connectivity index is 1.17. The van der Waals surface area contributed by atoms with E-state index in [9.17, 15) is 14.9 Å². The SMILES string of the molecule is CCC(C)=C=C(C)/C=C\C(C)=C/C[C@@](c1cccc(F)c1)(C1CCN(CC2CC=C(Cc3ccc(C#N)cc3C(=O)OCc3ccccc3)C2)CC1)[C@H]1CCC[C@@H]1OC(=O)NC. The van der Waals surface area contributed by atoms with Gasteiger partial charge in [-0.1, -0.05) is 90.9 Å². The van der Waals surface area contributed by atoms with Crippen LogP contribution in [0.15, 0.2) is 125 Å². The largest absolute Gasteiger partial charge is 0.457 e. The van der Waals surface area contributed by atoms with Gasteiger partial charge < -0.3 is 19.7 Å². The maximum absolute atomic E-state index is 15.3. The summed E-state index contributed by atoms with van der Waals surface area (Å²) in [4.78, 5) is 28.7. The Morgan fingerprint density at radius 2 is 1.77 bits per heavy atom. The number of piperidine rings is 1. The number of esters is 1. The summed E-state index contributed by atoms with van der Waals surface area (Å²) >= 11 is 0. The van der Waals surface area contributed by atoms with Gasteiger partial charge in [0.2, 0.25) is 0 Å². The summed E-state index contributed by atoms with van der Waals surface area (Å²) in [5.41, 5.74) is 11.4. The van der Waals surface area contributed by atoms with E-state index in [2.05, 4.69) is 80.1 Å². The third-order valence-corrected chi connectivity index (χ3v) is 13.5. The number of nitrogens with one attached hydrogen (secondary N) is 1. The first-order valence-corrected chi connectivity index (χ1v) is 22.6. The molecule has 8 heteroatoms. The maximum atomic E-state index is 15.3. The third kappa shape index (κ3) is 11.9. The predicted molar refractivity (Wildman–Crippen MR) is 245 cm³/mol. The van der Waals surface area contributed by atoms with Crippen LogP contribution in [0, 0.1) is 34.9 Å². The Morgan fingerprint density at radius 1 is 0.984 bits per heavy atom. The van der Waals surface area contributed by atoms with Crippen LogP contribution in [0.25, 0.3) is 0 Å². The molecule has 2 aliphatic carbocycles. The fraction of sp³-hybridized carbons (Fsp3) is 0.444. The van der Waals surface area contributed by atoms with Gasteiger partial charge in [-0.15, -0.1) is 5.73 Å². The Morgan fingerprint density at radius 3 is 2.50 bits per heavy atom. The van der Waals surface area contributed by atoms with Crippen LogP contribution >= 0.6 is 0 Å². The number of alkyl carbamates (subject to hydrolysis) is 1. The summed E-state index contributed by atoms with van der Waals surface area (Å²) in [6.07, 6.45) is 17.1. The topological polar surface area (TPSA) is 91.7 Å². The smallest absolute Gasteiger partial charge is 0.407 e. The molecule has 62 heavy (non-hydrogen) atoms. The lowest BCUT2D eigenvalue weighted by molar-refractivity contribution is 0.0111. The number of nitriles is 1. The van der Waals surface area contributed by atoms with E-state index in [1.54, 1.807) is 25.2 Å². The summed E-state index contributed by atoms with van der Waals surface area (Å²) in [7, 11) is 1.60. The van der Waals surface area contributed by atoms with Gasteiger partial charge in [0, 0.05) is 24.9 Å². The van der Waals surface area contributed by atoms with E-state index >= 15 is 4.39 Å². The summed E-state index contributed by atoms with van der Waals surface area (Å²) < 4.78 is 27.2. The van der Waals surface area contributed by atoms with Crippen molar-refractivity contribution < 1.29 is 23.5 Å². The standard InChI is InChI=1S/C54H64FN3O4/c1-6-38(2)30-40(4)19-18-39(3)24-27-54(47-14-10-15-48(55)34-47,50-16-11-17-51(50)62-53(60)57-5)46-25-28-58(29-26-46)36-44-21-20-42(31-44)32-45-23-22-43(35-56)33-49(45)52(59)61-37-41-12-8-7-9-13-41/h7-10,12-15,18-20,22-24,33-34,44,46,50-51H,6,11,16-17,21,25-29,31-32,36-37H2,1-5H3,(H,57,60)/b19-18-,39-24-/t30?,44?,50-,51-,54-/m0/s1. The first kappa shape index (κ1) is 46.0. The van der Waals surface area contributed by atoms with E-state index in [1.807, 2.05) is 42.5 Å². The number of rotatable bonds is 16. The van der Waals surface area contributed by atoms with Crippen molar-refractivity contribution in [1.29, 1.82) is 5.26 Å². The molecule has 0 spiro atoms. The molecule has 7 nitrogen and oxygen atoms in total. The number of halogens is 1. The molecule has 1 heterocycles. The van der Waals surface area contributed by atoms with Crippen molar-refractivity contribution in [2.45, 2.75) is 110 Å². The van der Waals surface area contributed by atoms with Gasteiger partial charge in [-0.3, -0.25) is 0 Å². The number of ether oxygens (including phenoxy) is 2. The monoisotopic (exact) mass is 837 g/mol. The number of hydrogen-bond donors (Lipinski definition) is 1. The average Bonchev–Trinajstić information content (AvgIpc) is 3.95. The Bertz CT molecular complexity index is 2240. The van der Waals surface area contributed by atoms with Crippen LogP contribution in [-0.2, 0) is 27.9 Å². The number of carbonyl (C=O) groups excluding carboxylic acids is 2. The van der Waals surface area contributed by atoms with Crippen molar-refractivity contribution >= 4 is 12.1 Å². The van der Waals surface area contributed by atoms with Crippen LogP contribution in [0.5, 0.6) is 0 Å². The average molecular weight is 838 g/mol. The molecule has 2 fully saturated rings. The quantitative estimate of drug-likeness (QED) is 0.0669. The van der Waals surface area contributed by atoms with Crippen LogP contribution < -0.4 is 5.32 Å². The zero-order chi connectivity index (χ0) is 44.1. The molecule has 1 saturated carbocycles. The first-order valence-electron chi connectivity index (χ1n) is 22.6. The van der Waals surface area contributed by atoms with Gasteiger partial charge in [0.15, 0.2) is 0 Å². The molecule has 1 N–H and O–H groups in total. The highest BCUT2D eigenvalue weighted by Crippen LogP contribution is 2.54. The number of benzene rings is 3. The number of carbonyl (C=O) groups is 2. The molecule has 1 saturated heterocycles. The second-order valence-electron chi connectivity index (χ2n) is 17.7. The minimum Gasteiger partial charge on any atom is -0.457 e. The molecule has 326 valence electrons. The molecule has 4 atom stereocenters. The first-order chi connectivity index (χ1) is 30.0. The molecule has 0 radical (unpaired) electrons. The molecule has 1 aliphatic heterocycles. The normalized spacial score (nSPS) is 20.5. The summed E-state index contributed by atoms with van der Waals surface area (Å²) in [6, 6.07) is 24.3. The van der Waals surface area contributed by atoms with Gasteiger partial charge in [-0.25, -0.2) is 14.0 Å². The van der Waals surface area contributed by atoms with Crippen LogP contribution in [0.3, 0.4) is 0 Å². The van der Waals surface area contributed by atoms with E-state index in [-0.39, 0.29) is 30.4 Å². The second kappa shape index (κ2) is 22.0. The van der Waals surface area contributed by atoms with E-state index in [0.717, 1.165) is 105 Å². The van der Waals surface area contributed by atoms with E-state index < -0.39 is 17.5 Å². The van der Waals surface area contributed by atoms with Crippen LogP contribution in [0.4, 0.5) is 9.18 Å². The minimum absolute atomic E-state index is 0.0345. The summed E-state index contributed by atoms with van der Waals surface area (Å²) in [5, 5.41) is 12.3. The lowest BCUT2D eigenvalue weighted by Gasteiger charge is -2.50. The van der Waals surface area contributed by atoms with E-state index in [0.29, 0.717) is 23.5 Å². The van der Waals surface area contributed by atoms with Crippen molar-refractivity contribution in [2.24, 2.45) is 17.8 Å². The zero-order valence-electron chi connectivity index (χ0n) is 37.4. The number of nitrogens with zero attached hydrogens (tertiary/aromatic N) is 2.